The van der Waals surface area contributed by atoms with Crippen LogP contribution < -0.4 is 10.9 Å². The van der Waals surface area contributed by atoms with Crippen molar-refractivity contribution in [2.24, 2.45) is 0 Å². The molecule has 7 heteroatoms. The maximum atomic E-state index is 11.8. The van der Waals surface area contributed by atoms with Crippen molar-refractivity contribution in [2.45, 2.75) is 0 Å². The van der Waals surface area contributed by atoms with E-state index in [0.29, 0.717) is 16.5 Å². The summed E-state index contributed by atoms with van der Waals surface area (Å²) in [5.74, 6) is 0.143. The molecule has 0 radical (unpaired) electrons. The average Bonchev–Trinajstić information content (AvgIpc) is 2.36. The third-order valence-electron chi connectivity index (χ3n) is 1.99. The van der Waals surface area contributed by atoms with Crippen LogP contribution in [0.5, 0.6) is 0 Å². The summed E-state index contributed by atoms with van der Waals surface area (Å²) in [6, 6.07) is 6.72. The quantitative estimate of drug-likeness (QED) is 0.672. The highest BCUT2D eigenvalue weighted by Gasteiger charge is 2.06. The van der Waals surface area contributed by atoms with Crippen molar-refractivity contribution in [1.82, 2.24) is 15.4 Å². The van der Waals surface area contributed by atoms with Crippen LogP contribution >= 0.6 is 27.5 Å². The molecule has 0 fully saturated rings. The van der Waals surface area contributed by atoms with Gasteiger partial charge in [-0.2, -0.15) is 0 Å². The summed E-state index contributed by atoms with van der Waals surface area (Å²) in [5, 5.41) is 0.346. The van der Waals surface area contributed by atoms with Crippen LogP contribution in [0.2, 0.25) is 5.15 Å². The lowest BCUT2D eigenvalue weighted by Crippen LogP contribution is -2.29. The number of aromatic nitrogens is 2. The minimum absolute atomic E-state index is 0.314. The predicted molar refractivity (Wildman–Crippen MR) is 72.3 cm³/mol. The molecule has 0 aliphatic carbocycles. The number of anilines is 1. The van der Waals surface area contributed by atoms with E-state index in [2.05, 4.69) is 36.7 Å². The van der Waals surface area contributed by atoms with Gasteiger partial charge in [0.2, 0.25) is 0 Å². The van der Waals surface area contributed by atoms with Crippen LogP contribution in [0.3, 0.4) is 0 Å². The summed E-state index contributed by atoms with van der Waals surface area (Å²) in [7, 11) is 0. The molecule has 0 saturated carbocycles. The number of nitrogens with zero attached hydrogens (tertiary/aromatic N) is 2. The molecule has 2 heterocycles. The number of carbonyl (C=O) groups excluding carboxylic acids is 1. The van der Waals surface area contributed by atoms with Crippen molar-refractivity contribution in [1.29, 1.82) is 0 Å². The predicted octanol–water partition coefficient (Wildman–Crippen LogP) is 2.65. The van der Waals surface area contributed by atoms with E-state index in [1.54, 1.807) is 30.5 Å². The molecule has 18 heavy (non-hydrogen) atoms. The number of halogens is 2. The van der Waals surface area contributed by atoms with Gasteiger partial charge in [-0.05, 0) is 34.1 Å². The number of hydrogen-bond acceptors (Lipinski definition) is 4. The van der Waals surface area contributed by atoms with Gasteiger partial charge in [0.25, 0.3) is 5.91 Å². The van der Waals surface area contributed by atoms with Gasteiger partial charge in [0.1, 0.15) is 11.0 Å². The zero-order chi connectivity index (χ0) is 13.0. The van der Waals surface area contributed by atoms with Gasteiger partial charge in [-0.1, -0.05) is 17.7 Å². The number of hydrazine groups is 1. The van der Waals surface area contributed by atoms with E-state index < -0.39 is 0 Å². The van der Waals surface area contributed by atoms with Crippen molar-refractivity contribution >= 4 is 39.3 Å². The van der Waals surface area contributed by atoms with E-state index in [9.17, 15) is 4.79 Å². The fraction of sp³-hybridized carbons (Fsp3) is 0. The summed E-state index contributed by atoms with van der Waals surface area (Å²) < 4.78 is 0.732. The van der Waals surface area contributed by atoms with Gasteiger partial charge >= 0.3 is 0 Å². The summed E-state index contributed by atoms with van der Waals surface area (Å²) in [5.41, 5.74) is 5.59. The van der Waals surface area contributed by atoms with E-state index in [-0.39, 0.29) is 5.91 Å². The molecule has 2 aromatic heterocycles. The zero-order valence-electron chi connectivity index (χ0n) is 9.02. The number of pyridine rings is 2. The van der Waals surface area contributed by atoms with Gasteiger partial charge in [-0.3, -0.25) is 20.6 Å². The third-order valence-corrected chi connectivity index (χ3v) is 2.63. The van der Waals surface area contributed by atoms with Crippen LogP contribution in [-0.4, -0.2) is 15.9 Å². The Labute approximate surface area is 117 Å². The highest BCUT2D eigenvalue weighted by molar-refractivity contribution is 9.10. The average molecular weight is 328 g/mol. The first kappa shape index (κ1) is 12.8. The number of carbonyl (C=O) groups is 1. The van der Waals surface area contributed by atoms with Gasteiger partial charge < -0.3 is 0 Å². The van der Waals surface area contributed by atoms with Crippen molar-refractivity contribution in [2.75, 3.05) is 5.43 Å². The van der Waals surface area contributed by atoms with E-state index in [0.717, 1.165) is 4.47 Å². The Morgan fingerprint density at radius 1 is 1.33 bits per heavy atom. The fourth-order valence-electron chi connectivity index (χ4n) is 1.21. The van der Waals surface area contributed by atoms with Crippen LogP contribution in [-0.2, 0) is 0 Å². The highest BCUT2D eigenvalue weighted by atomic mass is 79.9. The summed E-state index contributed by atoms with van der Waals surface area (Å²) in [6.45, 7) is 0. The molecule has 92 valence electrons. The van der Waals surface area contributed by atoms with Crippen LogP contribution in [0.25, 0.3) is 0 Å². The van der Waals surface area contributed by atoms with Crippen molar-refractivity contribution in [3.8, 4) is 0 Å². The molecule has 2 rings (SSSR count). The molecule has 0 spiro atoms. The van der Waals surface area contributed by atoms with Gasteiger partial charge in [-0.25, -0.2) is 4.98 Å². The Balaban J connectivity index is 2.00. The SMILES string of the molecule is O=C(NNc1cccc(Cl)n1)c1cncc(Br)c1. The number of nitrogens with one attached hydrogen (secondary N) is 2. The lowest BCUT2D eigenvalue weighted by Gasteiger charge is -2.07. The van der Waals surface area contributed by atoms with E-state index in [1.807, 2.05) is 0 Å². The second-order valence-corrected chi connectivity index (χ2v) is 4.62. The summed E-state index contributed by atoms with van der Waals surface area (Å²) in [6.07, 6.45) is 3.07. The largest absolute Gasteiger partial charge is 0.282 e. The maximum Gasteiger partial charge on any atom is 0.271 e. The van der Waals surface area contributed by atoms with E-state index in [4.69, 9.17) is 11.6 Å². The third kappa shape index (κ3) is 3.41. The number of amides is 1. The topological polar surface area (TPSA) is 66.9 Å². The van der Waals surface area contributed by atoms with Gasteiger partial charge in [0, 0.05) is 16.9 Å². The van der Waals surface area contributed by atoms with Crippen molar-refractivity contribution in [3.05, 3.63) is 51.8 Å². The number of rotatable bonds is 3. The zero-order valence-corrected chi connectivity index (χ0v) is 11.4. The van der Waals surface area contributed by atoms with E-state index >= 15 is 0 Å². The van der Waals surface area contributed by atoms with Crippen molar-refractivity contribution in [3.63, 3.8) is 0 Å². The molecule has 0 unspecified atom stereocenters. The van der Waals surface area contributed by atoms with Crippen LogP contribution in [0, 0.1) is 0 Å². The molecular formula is C11H8BrClN4O. The standard InChI is InChI=1S/C11H8BrClN4O/c12-8-4-7(5-14-6-8)11(18)17-16-10-3-1-2-9(13)15-10/h1-6H,(H,15,16)(H,17,18). The molecule has 2 N–H and O–H groups in total. The Morgan fingerprint density at radius 2 is 2.17 bits per heavy atom. The van der Waals surface area contributed by atoms with Gasteiger partial charge in [-0.15, -0.1) is 0 Å². The normalized spacial score (nSPS) is 9.89. The highest BCUT2D eigenvalue weighted by Crippen LogP contribution is 2.10. The lowest BCUT2D eigenvalue weighted by molar-refractivity contribution is 0.0962. The summed E-state index contributed by atoms with van der Waals surface area (Å²) >= 11 is 8.96. The molecule has 0 aliphatic rings. The lowest BCUT2D eigenvalue weighted by atomic mass is 10.3. The molecule has 0 saturated heterocycles. The molecular weight excluding hydrogens is 320 g/mol. The Hall–Kier alpha value is -1.66. The number of hydrogen-bond donors (Lipinski definition) is 2. The maximum absolute atomic E-state index is 11.8. The Kier molecular flexibility index (Phi) is 4.11. The van der Waals surface area contributed by atoms with Crippen LogP contribution in [0.15, 0.2) is 41.1 Å². The first-order valence-corrected chi connectivity index (χ1v) is 6.12. The van der Waals surface area contributed by atoms with Crippen LogP contribution in [0.1, 0.15) is 10.4 Å². The molecule has 0 aliphatic heterocycles. The molecule has 1 amide bonds. The molecule has 5 nitrogen and oxygen atoms in total. The second-order valence-electron chi connectivity index (χ2n) is 3.32. The monoisotopic (exact) mass is 326 g/mol. The van der Waals surface area contributed by atoms with Crippen molar-refractivity contribution < 1.29 is 4.79 Å². The molecule has 0 atom stereocenters. The minimum Gasteiger partial charge on any atom is -0.282 e. The molecule has 0 bridgehead atoms. The molecule has 0 aromatic carbocycles. The smallest absolute Gasteiger partial charge is 0.271 e. The van der Waals surface area contributed by atoms with Gasteiger partial charge in [0.15, 0.2) is 0 Å². The van der Waals surface area contributed by atoms with Gasteiger partial charge in [0.05, 0.1) is 5.56 Å². The van der Waals surface area contributed by atoms with E-state index in [1.165, 1.54) is 6.20 Å². The summed E-state index contributed by atoms with van der Waals surface area (Å²) in [4.78, 5) is 19.6. The molecule has 2 aromatic rings. The first-order valence-electron chi connectivity index (χ1n) is 4.94. The first-order chi connectivity index (χ1) is 8.65. The Morgan fingerprint density at radius 3 is 2.89 bits per heavy atom. The Bertz CT molecular complexity index is 578. The minimum atomic E-state index is -0.314. The second kappa shape index (κ2) is 5.79. The fourth-order valence-corrected chi connectivity index (χ4v) is 1.74. The van der Waals surface area contributed by atoms with Crippen LogP contribution in [0.4, 0.5) is 5.82 Å².